The monoisotopic (exact) mass is 892 g/mol. The molecule has 4 saturated heterocycles. The summed E-state index contributed by atoms with van der Waals surface area (Å²) < 4.78 is 1.97. The number of amides is 2. The maximum absolute atomic E-state index is 13.5. The van der Waals surface area contributed by atoms with Crippen molar-refractivity contribution in [1.82, 2.24) is 29.4 Å². The predicted octanol–water partition coefficient (Wildman–Crippen LogP) is 8.98. The molecule has 0 aliphatic carbocycles. The molecule has 4 aliphatic rings. The third-order valence-electron chi connectivity index (χ3n) is 10.7. The second-order valence-corrected chi connectivity index (χ2v) is 23.1. The molecule has 54 heavy (non-hydrogen) atoms. The summed E-state index contributed by atoms with van der Waals surface area (Å²) in [5.41, 5.74) is 0. The zero-order valence-electron chi connectivity index (χ0n) is 32.9. The minimum Gasteiger partial charge on any atom is -0.352 e. The van der Waals surface area contributed by atoms with E-state index < -0.39 is 0 Å². The number of carbonyl (C=O) groups excluding carboxylic acids is 2. The van der Waals surface area contributed by atoms with Gasteiger partial charge in [0, 0.05) is 123 Å². The predicted molar refractivity (Wildman–Crippen MR) is 254 cm³/mol. The average molecular weight is 894 g/mol. The molecule has 0 aromatic heterocycles. The van der Waals surface area contributed by atoms with Gasteiger partial charge in [0.25, 0.3) is 10.5 Å². The Morgan fingerprint density at radius 2 is 0.889 bits per heavy atom. The number of rotatable bonds is 15. The average Bonchev–Trinajstić information content (AvgIpc) is 3.15. The molecule has 4 aliphatic heterocycles. The van der Waals surface area contributed by atoms with Gasteiger partial charge in [-0.15, -0.1) is 13.2 Å². The molecule has 0 radical (unpaired) electrons. The zero-order chi connectivity index (χ0) is 39.0. The molecule has 0 saturated carbocycles. The maximum Gasteiger partial charge on any atom is 0.281 e. The number of hydrogen-bond donors (Lipinski definition) is 0. The van der Waals surface area contributed by atoms with E-state index in [9.17, 15) is 9.59 Å². The van der Waals surface area contributed by atoms with Crippen LogP contribution in [-0.2, 0) is 0 Å². The summed E-state index contributed by atoms with van der Waals surface area (Å²) in [6.07, 6.45) is 11.1. The molecule has 16 heteroatoms. The molecule has 2 amide bonds. The Labute approximate surface area is 363 Å². The molecule has 0 aromatic carbocycles. The van der Waals surface area contributed by atoms with Gasteiger partial charge in [-0.2, -0.15) is 0 Å². The van der Waals surface area contributed by atoms with E-state index in [-0.39, 0.29) is 21.0 Å². The van der Waals surface area contributed by atoms with Gasteiger partial charge in [0.1, 0.15) is 8.64 Å². The second kappa shape index (κ2) is 25.0. The fraction of sp³-hybridized carbons (Fsp3) is 0.789. The normalized spacial score (nSPS) is 25.6. The number of carbonyl (C=O) groups is 2. The molecule has 0 bridgehead atoms. The van der Waals surface area contributed by atoms with Crippen LogP contribution in [0.5, 0.6) is 0 Å². The van der Waals surface area contributed by atoms with Gasteiger partial charge in [-0.05, 0) is 66.2 Å². The number of thioether (sulfide) groups is 4. The Balaban J connectivity index is 1.40. The van der Waals surface area contributed by atoms with E-state index in [1.807, 2.05) is 43.5 Å². The first-order valence-corrected chi connectivity index (χ1v) is 26.8. The number of nitrogens with zero attached hydrogens (tertiary/aromatic N) is 6. The van der Waals surface area contributed by atoms with Crippen LogP contribution < -0.4 is 0 Å². The third kappa shape index (κ3) is 15.1. The summed E-state index contributed by atoms with van der Waals surface area (Å²) in [5.74, 6) is 3.16. The van der Waals surface area contributed by atoms with Crippen molar-refractivity contribution in [2.75, 3.05) is 88.5 Å². The summed E-state index contributed by atoms with van der Waals surface area (Å²) in [6, 6.07) is 1.83. The maximum atomic E-state index is 13.5. The highest BCUT2D eigenvalue weighted by Crippen LogP contribution is 2.39. The number of piperazine rings is 2. The summed E-state index contributed by atoms with van der Waals surface area (Å²) in [4.78, 5) is 40.5. The molecule has 306 valence electrons. The standard InChI is InChI=1S/C38H64N6O2S8/c1-7-15-39-17-21-41(22-18-39)35(45)49-25-33(27-51-37(47)43-29(3)11-9-12-30(43)4)53-54-34(28-52-38(48)44-31(5)13-10-14-32(44)6)26-50-36(46)42-23-19-40(16-8-2)20-24-42/h7-8,29-34H,1-2,9-28H2,3-6H3. The Bertz CT molecular complexity index is 1120. The highest BCUT2D eigenvalue weighted by Gasteiger charge is 2.31. The molecule has 4 rings (SSSR count). The number of piperidine rings is 2. The molecule has 6 atom stereocenters. The van der Waals surface area contributed by atoms with Gasteiger partial charge in [0.05, 0.1) is 0 Å². The van der Waals surface area contributed by atoms with Gasteiger partial charge in [-0.25, -0.2) is 0 Å². The van der Waals surface area contributed by atoms with Gasteiger partial charge in [-0.1, -0.05) is 105 Å². The van der Waals surface area contributed by atoms with Crippen LogP contribution in [0.15, 0.2) is 25.3 Å². The molecule has 8 nitrogen and oxygen atoms in total. The summed E-state index contributed by atoms with van der Waals surface area (Å²) in [7, 11) is 3.76. The molecule has 0 spiro atoms. The Morgan fingerprint density at radius 3 is 1.20 bits per heavy atom. The number of thiocarbonyl (C=S) groups is 2. The lowest BCUT2D eigenvalue weighted by Crippen LogP contribution is -2.47. The minimum atomic E-state index is 0.172. The topological polar surface area (TPSA) is 53.6 Å². The van der Waals surface area contributed by atoms with Gasteiger partial charge in [0.15, 0.2) is 0 Å². The lowest BCUT2D eigenvalue weighted by molar-refractivity contribution is 0.163. The van der Waals surface area contributed by atoms with E-state index in [0.717, 1.165) is 97.1 Å². The largest absolute Gasteiger partial charge is 0.352 e. The third-order valence-corrected chi connectivity index (χ3v) is 20.2. The Kier molecular flexibility index (Phi) is 21.7. The molecule has 4 fully saturated rings. The van der Waals surface area contributed by atoms with Crippen LogP contribution in [-0.4, -0.2) is 172 Å². The first-order chi connectivity index (χ1) is 26.0. The second-order valence-electron chi connectivity index (χ2n) is 15.0. The van der Waals surface area contributed by atoms with Crippen molar-refractivity contribution in [3.8, 4) is 0 Å². The van der Waals surface area contributed by atoms with Crippen molar-refractivity contribution < 1.29 is 9.59 Å². The Morgan fingerprint density at radius 1 is 0.574 bits per heavy atom. The van der Waals surface area contributed by atoms with Crippen molar-refractivity contribution in [3.63, 3.8) is 0 Å². The highest BCUT2D eigenvalue weighted by atomic mass is 33.1. The lowest BCUT2D eigenvalue weighted by atomic mass is 9.99. The van der Waals surface area contributed by atoms with Gasteiger partial charge in [0.2, 0.25) is 0 Å². The minimum absolute atomic E-state index is 0.172. The molecule has 0 aromatic rings. The van der Waals surface area contributed by atoms with Crippen LogP contribution in [0.2, 0.25) is 0 Å². The smallest absolute Gasteiger partial charge is 0.281 e. The van der Waals surface area contributed by atoms with Crippen molar-refractivity contribution in [3.05, 3.63) is 25.3 Å². The van der Waals surface area contributed by atoms with Crippen molar-refractivity contribution >= 4 is 112 Å². The van der Waals surface area contributed by atoms with Crippen molar-refractivity contribution in [2.24, 2.45) is 0 Å². The van der Waals surface area contributed by atoms with Crippen LogP contribution in [0, 0.1) is 0 Å². The van der Waals surface area contributed by atoms with Crippen LogP contribution in [0.1, 0.15) is 66.2 Å². The van der Waals surface area contributed by atoms with Crippen molar-refractivity contribution in [2.45, 2.75) is 101 Å². The van der Waals surface area contributed by atoms with Crippen molar-refractivity contribution in [1.29, 1.82) is 0 Å². The lowest BCUT2D eigenvalue weighted by Gasteiger charge is -2.41. The molecule has 0 N–H and O–H groups in total. The van der Waals surface area contributed by atoms with Gasteiger partial charge >= 0.3 is 0 Å². The first kappa shape index (κ1) is 46.9. The molecule has 4 heterocycles. The number of hydrogen-bond acceptors (Lipinski definition) is 12. The summed E-state index contributed by atoms with van der Waals surface area (Å²) >= 11 is 18.6. The summed E-state index contributed by atoms with van der Waals surface area (Å²) in [6.45, 7) is 25.3. The fourth-order valence-electron chi connectivity index (χ4n) is 7.51. The highest BCUT2D eigenvalue weighted by molar-refractivity contribution is 8.77. The molecule has 6 unspecified atom stereocenters. The van der Waals surface area contributed by atoms with Gasteiger partial charge in [-0.3, -0.25) is 19.4 Å². The first-order valence-electron chi connectivity index (χ1n) is 19.7. The van der Waals surface area contributed by atoms with E-state index in [2.05, 4.69) is 60.5 Å². The zero-order valence-corrected chi connectivity index (χ0v) is 39.5. The molecular weight excluding hydrogens is 829 g/mol. The van der Waals surface area contributed by atoms with Crippen LogP contribution in [0.4, 0.5) is 9.59 Å². The number of likely N-dealkylation sites (tertiary alicyclic amines) is 2. The van der Waals surface area contributed by atoms with Crippen LogP contribution in [0.25, 0.3) is 0 Å². The van der Waals surface area contributed by atoms with Gasteiger partial charge < -0.3 is 19.6 Å². The SMILES string of the molecule is C=CCN1CCN(C(=O)SCC(CSC(=S)N2C(C)CCCC2C)SSC(CSC(=O)N2CCN(CC=C)CC2)CSC(=S)N2C(C)CCCC2C)CC1. The van der Waals surface area contributed by atoms with E-state index in [4.69, 9.17) is 24.4 Å². The van der Waals surface area contributed by atoms with E-state index in [1.165, 1.54) is 62.0 Å². The molecular formula is C38H64N6O2S8. The van der Waals surface area contributed by atoms with E-state index in [1.54, 1.807) is 23.5 Å². The Hall–Kier alpha value is 0.220. The van der Waals surface area contributed by atoms with Crippen LogP contribution >= 0.6 is 93.1 Å². The summed E-state index contributed by atoms with van der Waals surface area (Å²) in [5, 5.41) is 0.770. The van der Waals surface area contributed by atoms with E-state index in [0.29, 0.717) is 24.2 Å². The quantitative estimate of drug-likeness (QED) is 0.0894. The van der Waals surface area contributed by atoms with Crippen LogP contribution in [0.3, 0.4) is 0 Å². The fourth-order valence-corrected chi connectivity index (χ4v) is 17.4. The van der Waals surface area contributed by atoms with E-state index >= 15 is 0 Å².